The van der Waals surface area contributed by atoms with E-state index in [1.165, 1.54) is 12.1 Å². The maximum Gasteiger partial charge on any atom is 0.243 e. The maximum absolute atomic E-state index is 13.3. The lowest BCUT2D eigenvalue weighted by atomic mass is 10.0. The van der Waals surface area contributed by atoms with Gasteiger partial charge in [0.2, 0.25) is 11.8 Å². The zero-order valence-corrected chi connectivity index (χ0v) is 17.7. The molecule has 0 spiro atoms. The van der Waals surface area contributed by atoms with E-state index in [9.17, 15) is 14.0 Å². The third-order valence-corrected chi connectivity index (χ3v) is 5.26. The summed E-state index contributed by atoms with van der Waals surface area (Å²) in [5.41, 5.74) is 2.78. The van der Waals surface area contributed by atoms with Gasteiger partial charge in [-0.3, -0.25) is 9.59 Å². The number of nitrogens with one attached hydrogen (secondary N) is 1. The van der Waals surface area contributed by atoms with Crippen molar-refractivity contribution < 1.29 is 14.0 Å². The van der Waals surface area contributed by atoms with Crippen molar-refractivity contribution in [1.82, 2.24) is 10.2 Å². The summed E-state index contributed by atoms with van der Waals surface area (Å²) in [4.78, 5) is 27.8. The normalized spacial score (nSPS) is 12.9. The van der Waals surface area contributed by atoms with E-state index in [1.54, 1.807) is 17.0 Å². The minimum absolute atomic E-state index is 0.0377. The second-order valence-corrected chi connectivity index (χ2v) is 7.49. The number of aryl methyl sites for hydroxylation is 1. The van der Waals surface area contributed by atoms with Gasteiger partial charge < -0.3 is 10.2 Å². The minimum atomic E-state index is -0.578. The number of hydrogen-bond acceptors (Lipinski definition) is 2. The molecule has 29 heavy (non-hydrogen) atoms. The second-order valence-electron chi connectivity index (χ2n) is 7.49. The van der Waals surface area contributed by atoms with E-state index < -0.39 is 6.04 Å². The number of carbonyl (C=O) groups excluding carboxylic acids is 2. The highest BCUT2D eigenvalue weighted by atomic mass is 19.1. The Morgan fingerprint density at radius 3 is 2.28 bits per heavy atom. The Hall–Kier alpha value is -2.69. The summed E-state index contributed by atoms with van der Waals surface area (Å²) in [6.07, 6.45) is 1.54. The number of nitrogens with zero attached hydrogens (tertiary/aromatic N) is 1. The maximum atomic E-state index is 13.3. The van der Waals surface area contributed by atoms with Crippen molar-refractivity contribution in [3.05, 3.63) is 71.0 Å². The summed E-state index contributed by atoms with van der Waals surface area (Å²) < 4.78 is 13.3. The molecule has 0 fully saturated rings. The third-order valence-electron chi connectivity index (χ3n) is 5.26. The van der Waals surface area contributed by atoms with Crippen molar-refractivity contribution in [1.29, 1.82) is 0 Å². The highest BCUT2D eigenvalue weighted by molar-refractivity contribution is 5.88. The fourth-order valence-corrected chi connectivity index (χ4v) is 3.22. The molecule has 4 nitrogen and oxygen atoms in total. The quantitative estimate of drug-likeness (QED) is 0.681. The topological polar surface area (TPSA) is 49.4 Å². The first kappa shape index (κ1) is 22.6. The lowest BCUT2D eigenvalue weighted by Gasteiger charge is -2.31. The first-order chi connectivity index (χ1) is 13.8. The molecule has 156 valence electrons. The molecule has 0 bridgehead atoms. The van der Waals surface area contributed by atoms with Crippen LogP contribution in [0.3, 0.4) is 0 Å². The van der Waals surface area contributed by atoms with E-state index in [1.807, 2.05) is 52.0 Å². The predicted octanol–water partition coefficient (Wildman–Crippen LogP) is 4.40. The molecule has 0 saturated carbocycles. The van der Waals surface area contributed by atoms with Crippen LogP contribution in [0.1, 0.15) is 50.3 Å². The van der Waals surface area contributed by atoms with E-state index in [-0.39, 0.29) is 36.6 Å². The van der Waals surface area contributed by atoms with E-state index >= 15 is 0 Å². The molecule has 0 heterocycles. The lowest BCUT2D eigenvalue weighted by molar-refractivity contribution is -0.141. The fraction of sp³-hybridized carbons (Fsp3) is 0.417. The van der Waals surface area contributed by atoms with E-state index in [2.05, 4.69) is 5.32 Å². The molecule has 0 radical (unpaired) electrons. The molecule has 0 aliphatic carbocycles. The van der Waals surface area contributed by atoms with Crippen LogP contribution in [-0.2, 0) is 22.6 Å². The van der Waals surface area contributed by atoms with Gasteiger partial charge in [0.05, 0.1) is 6.42 Å². The molecule has 2 atom stereocenters. The molecule has 2 amide bonds. The lowest BCUT2D eigenvalue weighted by Crippen LogP contribution is -2.51. The summed E-state index contributed by atoms with van der Waals surface area (Å²) >= 11 is 0. The summed E-state index contributed by atoms with van der Waals surface area (Å²) in [7, 11) is 0. The molecule has 1 N–H and O–H groups in total. The molecular weight excluding hydrogens is 367 g/mol. The molecule has 0 aliphatic rings. The number of hydrogen-bond donors (Lipinski definition) is 1. The molecule has 0 aliphatic heterocycles. The number of halogens is 1. The van der Waals surface area contributed by atoms with Crippen LogP contribution >= 0.6 is 0 Å². The Kier molecular flexibility index (Phi) is 8.37. The Morgan fingerprint density at radius 2 is 1.69 bits per heavy atom. The van der Waals surface area contributed by atoms with Crippen molar-refractivity contribution in [3.8, 4) is 0 Å². The molecule has 2 rings (SSSR count). The second kappa shape index (κ2) is 10.7. The average molecular weight is 399 g/mol. The smallest absolute Gasteiger partial charge is 0.243 e. The van der Waals surface area contributed by atoms with Gasteiger partial charge in [0.15, 0.2) is 0 Å². The monoisotopic (exact) mass is 398 g/mol. The Balaban J connectivity index is 2.29. The van der Waals surface area contributed by atoms with Gasteiger partial charge in [0, 0.05) is 12.6 Å². The Bertz CT molecular complexity index is 820. The van der Waals surface area contributed by atoms with Gasteiger partial charge in [-0.1, -0.05) is 50.2 Å². The predicted molar refractivity (Wildman–Crippen MR) is 114 cm³/mol. The van der Waals surface area contributed by atoms with Crippen LogP contribution < -0.4 is 5.32 Å². The highest BCUT2D eigenvalue weighted by Gasteiger charge is 2.29. The largest absolute Gasteiger partial charge is 0.352 e. The van der Waals surface area contributed by atoms with Crippen molar-refractivity contribution in [2.75, 3.05) is 0 Å². The van der Waals surface area contributed by atoms with Crippen molar-refractivity contribution >= 4 is 11.8 Å². The molecule has 2 aromatic rings. The summed E-state index contributed by atoms with van der Waals surface area (Å²) in [5, 5.41) is 2.99. The van der Waals surface area contributed by atoms with Crippen molar-refractivity contribution in [3.63, 3.8) is 0 Å². The molecule has 0 unspecified atom stereocenters. The zero-order valence-electron chi connectivity index (χ0n) is 17.7. The standard InChI is InChI=1S/C24H31FN2O2/c1-5-18(4)26-24(29)22(6-2)27(16-19-11-13-21(25)14-12-19)23(28)15-20-10-8-7-9-17(20)3/h7-14,18,22H,5-6,15-16H2,1-4H3,(H,26,29)/t18-,22+/m1/s1. The first-order valence-electron chi connectivity index (χ1n) is 10.2. The molecule has 2 aromatic carbocycles. The van der Waals surface area contributed by atoms with Crippen molar-refractivity contribution in [2.24, 2.45) is 0 Å². The van der Waals surface area contributed by atoms with Gasteiger partial charge in [-0.05, 0) is 55.5 Å². The molecule has 5 heteroatoms. The zero-order chi connectivity index (χ0) is 21.4. The van der Waals surface area contributed by atoms with Crippen LogP contribution in [0.4, 0.5) is 4.39 Å². The SMILES string of the molecule is CC[C@@H](C)NC(=O)[C@H](CC)N(Cc1ccc(F)cc1)C(=O)Cc1ccccc1C. The number of rotatable bonds is 9. The van der Waals surface area contributed by atoms with Gasteiger partial charge in [-0.25, -0.2) is 4.39 Å². The van der Waals surface area contributed by atoms with Crippen LogP contribution in [0.2, 0.25) is 0 Å². The van der Waals surface area contributed by atoms with Crippen LogP contribution in [0.5, 0.6) is 0 Å². The molecule has 0 saturated heterocycles. The summed E-state index contributed by atoms with van der Waals surface area (Å²) in [5.74, 6) is -0.593. The first-order valence-corrected chi connectivity index (χ1v) is 10.2. The van der Waals surface area contributed by atoms with Crippen LogP contribution in [-0.4, -0.2) is 28.8 Å². The van der Waals surface area contributed by atoms with Gasteiger partial charge in [-0.15, -0.1) is 0 Å². The highest BCUT2D eigenvalue weighted by Crippen LogP contribution is 2.17. The van der Waals surface area contributed by atoms with E-state index in [4.69, 9.17) is 0 Å². The average Bonchev–Trinajstić information content (AvgIpc) is 2.70. The van der Waals surface area contributed by atoms with Crippen LogP contribution in [0.15, 0.2) is 48.5 Å². The van der Waals surface area contributed by atoms with Gasteiger partial charge in [0.1, 0.15) is 11.9 Å². The van der Waals surface area contributed by atoms with Gasteiger partial charge >= 0.3 is 0 Å². The van der Waals surface area contributed by atoms with E-state index in [0.717, 1.165) is 23.1 Å². The van der Waals surface area contributed by atoms with Gasteiger partial charge in [-0.2, -0.15) is 0 Å². The minimum Gasteiger partial charge on any atom is -0.352 e. The number of amides is 2. The number of carbonyl (C=O) groups is 2. The molecule has 0 aromatic heterocycles. The van der Waals surface area contributed by atoms with Crippen LogP contribution in [0, 0.1) is 12.7 Å². The summed E-state index contributed by atoms with van der Waals surface area (Å²) in [6.45, 7) is 8.09. The number of benzene rings is 2. The van der Waals surface area contributed by atoms with Crippen LogP contribution in [0.25, 0.3) is 0 Å². The van der Waals surface area contributed by atoms with E-state index in [0.29, 0.717) is 6.42 Å². The Labute approximate surface area is 173 Å². The Morgan fingerprint density at radius 1 is 1.03 bits per heavy atom. The van der Waals surface area contributed by atoms with Crippen molar-refractivity contribution in [2.45, 2.75) is 65.6 Å². The molecular formula is C24H31FN2O2. The fourth-order valence-electron chi connectivity index (χ4n) is 3.22. The van der Waals surface area contributed by atoms with Gasteiger partial charge in [0.25, 0.3) is 0 Å². The third kappa shape index (κ3) is 6.41. The summed E-state index contributed by atoms with van der Waals surface area (Å²) in [6, 6.07) is 13.3.